The van der Waals surface area contributed by atoms with Crippen molar-refractivity contribution in [2.45, 2.75) is 25.0 Å². The molecule has 2 aliphatic heterocycles. The number of carbonyl (C=O) groups excluding carboxylic acids is 1. The quantitative estimate of drug-likeness (QED) is 0.786. The number of rotatable bonds is 3. The summed E-state index contributed by atoms with van der Waals surface area (Å²) < 4.78 is 20.2. The average Bonchev–Trinajstić information content (AvgIpc) is 3.23. The van der Waals surface area contributed by atoms with Gasteiger partial charge in [-0.15, -0.1) is 11.3 Å². The van der Waals surface area contributed by atoms with Crippen LogP contribution in [0.5, 0.6) is 0 Å². The van der Waals surface area contributed by atoms with Gasteiger partial charge in [0, 0.05) is 30.8 Å². The first-order valence-electron chi connectivity index (χ1n) is 7.79. The smallest absolute Gasteiger partial charge is 0.254 e. The number of amides is 1. The van der Waals surface area contributed by atoms with E-state index in [0.717, 1.165) is 4.88 Å². The van der Waals surface area contributed by atoms with Crippen LogP contribution in [0.4, 0.5) is 10.2 Å². The fourth-order valence-electron chi connectivity index (χ4n) is 3.08. The van der Waals surface area contributed by atoms with Crippen molar-refractivity contribution in [2.75, 3.05) is 18.5 Å². The van der Waals surface area contributed by atoms with Gasteiger partial charge in [0.25, 0.3) is 5.91 Å². The SMILES string of the molecule is N[C@H]1COCCC1Nc1nc(-c2cccs2)c2c(c1F)CNC2=O. The summed E-state index contributed by atoms with van der Waals surface area (Å²) in [7, 11) is 0. The molecule has 0 bridgehead atoms. The predicted octanol–water partition coefficient (Wildman–Crippen LogP) is 1.72. The number of fused-ring (bicyclic) bond motifs is 1. The second-order valence-electron chi connectivity index (χ2n) is 5.91. The van der Waals surface area contributed by atoms with Crippen LogP contribution in [0.25, 0.3) is 10.6 Å². The minimum Gasteiger partial charge on any atom is -0.380 e. The van der Waals surface area contributed by atoms with Crippen molar-refractivity contribution in [2.24, 2.45) is 5.73 Å². The predicted molar refractivity (Wildman–Crippen MR) is 89.5 cm³/mol. The van der Waals surface area contributed by atoms with Gasteiger partial charge in [-0.25, -0.2) is 9.37 Å². The summed E-state index contributed by atoms with van der Waals surface area (Å²) in [5.74, 6) is -0.618. The molecule has 6 nitrogen and oxygen atoms in total. The fraction of sp³-hybridized carbons (Fsp3) is 0.375. The van der Waals surface area contributed by atoms with Crippen LogP contribution in [0.2, 0.25) is 0 Å². The highest BCUT2D eigenvalue weighted by molar-refractivity contribution is 7.13. The number of thiophene rings is 1. The van der Waals surface area contributed by atoms with E-state index < -0.39 is 5.82 Å². The van der Waals surface area contributed by atoms with E-state index >= 15 is 0 Å². The number of nitrogens with one attached hydrogen (secondary N) is 2. The van der Waals surface area contributed by atoms with E-state index in [1.807, 2.05) is 17.5 Å². The van der Waals surface area contributed by atoms with Crippen molar-refractivity contribution in [3.05, 3.63) is 34.5 Å². The highest BCUT2D eigenvalue weighted by Gasteiger charge is 2.32. The maximum absolute atomic E-state index is 14.9. The summed E-state index contributed by atoms with van der Waals surface area (Å²) in [5.41, 5.74) is 7.25. The Morgan fingerprint density at radius 2 is 2.38 bits per heavy atom. The molecule has 0 aromatic carbocycles. The summed E-state index contributed by atoms with van der Waals surface area (Å²) >= 11 is 1.47. The first-order chi connectivity index (χ1) is 11.6. The van der Waals surface area contributed by atoms with Crippen molar-refractivity contribution in [1.82, 2.24) is 10.3 Å². The number of pyridine rings is 1. The van der Waals surface area contributed by atoms with E-state index in [1.165, 1.54) is 11.3 Å². The van der Waals surface area contributed by atoms with Crippen molar-refractivity contribution < 1.29 is 13.9 Å². The normalized spacial score (nSPS) is 23.0. The lowest BCUT2D eigenvalue weighted by molar-refractivity contribution is 0.0751. The molecule has 126 valence electrons. The number of carbonyl (C=O) groups is 1. The summed E-state index contributed by atoms with van der Waals surface area (Å²) in [6, 6.07) is 3.42. The summed E-state index contributed by atoms with van der Waals surface area (Å²) in [6.45, 7) is 1.19. The maximum Gasteiger partial charge on any atom is 0.254 e. The number of nitrogens with zero attached hydrogens (tertiary/aromatic N) is 1. The van der Waals surface area contributed by atoms with E-state index in [2.05, 4.69) is 15.6 Å². The molecule has 24 heavy (non-hydrogen) atoms. The number of ether oxygens (including phenoxy) is 1. The molecule has 0 spiro atoms. The van der Waals surface area contributed by atoms with E-state index in [9.17, 15) is 9.18 Å². The monoisotopic (exact) mass is 348 g/mol. The molecule has 1 fully saturated rings. The number of hydrogen-bond donors (Lipinski definition) is 3. The van der Waals surface area contributed by atoms with Crippen molar-refractivity contribution in [1.29, 1.82) is 0 Å². The second-order valence-corrected chi connectivity index (χ2v) is 6.86. The van der Waals surface area contributed by atoms with Gasteiger partial charge in [-0.1, -0.05) is 6.07 Å². The van der Waals surface area contributed by atoms with Crippen LogP contribution in [0.1, 0.15) is 22.3 Å². The molecule has 1 unspecified atom stereocenters. The molecule has 4 heterocycles. The summed E-state index contributed by atoms with van der Waals surface area (Å²) in [6.07, 6.45) is 0.685. The van der Waals surface area contributed by atoms with Gasteiger partial charge in [0.1, 0.15) is 0 Å². The third-order valence-electron chi connectivity index (χ3n) is 4.36. The molecule has 4 N–H and O–H groups in total. The third-order valence-corrected chi connectivity index (χ3v) is 5.24. The number of anilines is 1. The molecule has 0 aliphatic carbocycles. The zero-order valence-electron chi connectivity index (χ0n) is 12.8. The van der Waals surface area contributed by atoms with Gasteiger partial charge < -0.3 is 21.1 Å². The van der Waals surface area contributed by atoms with E-state index in [1.54, 1.807) is 0 Å². The third kappa shape index (κ3) is 2.56. The van der Waals surface area contributed by atoms with Gasteiger partial charge in [0.2, 0.25) is 0 Å². The maximum atomic E-state index is 14.9. The van der Waals surface area contributed by atoms with Gasteiger partial charge in [0.15, 0.2) is 11.6 Å². The zero-order chi connectivity index (χ0) is 16.7. The van der Waals surface area contributed by atoms with Crippen LogP contribution in [-0.4, -0.2) is 36.2 Å². The molecule has 0 radical (unpaired) electrons. The molecule has 2 atom stereocenters. The lowest BCUT2D eigenvalue weighted by Gasteiger charge is -2.30. The van der Waals surface area contributed by atoms with Crippen LogP contribution in [0.15, 0.2) is 17.5 Å². The lowest BCUT2D eigenvalue weighted by Crippen LogP contribution is -2.47. The number of hydrogen-bond acceptors (Lipinski definition) is 6. The zero-order valence-corrected chi connectivity index (χ0v) is 13.7. The summed E-state index contributed by atoms with van der Waals surface area (Å²) in [4.78, 5) is 17.4. The van der Waals surface area contributed by atoms with Crippen LogP contribution in [-0.2, 0) is 11.3 Å². The molecular weight excluding hydrogens is 331 g/mol. The molecule has 4 rings (SSSR count). The molecule has 1 amide bonds. The molecule has 2 aromatic heterocycles. The second kappa shape index (κ2) is 6.12. The Hall–Kier alpha value is -2.03. The van der Waals surface area contributed by atoms with Crippen LogP contribution < -0.4 is 16.4 Å². The van der Waals surface area contributed by atoms with Gasteiger partial charge in [0.05, 0.1) is 22.7 Å². The van der Waals surface area contributed by atoms with Crippen molar-refractivity contribution in [3.63, 3.8) is 0 Å². The van der Waals surface area contributed by atoms with Crippen LogP contribution in [0.3, 0.4) is 0 Å². The number of halogens is 1. The molecular formula is C16H17FN4O2S. The van der Waals surface area contributed by atoms with E-state index in [-0.39, 0.29) is 30.4 Å². The highest BCUT2D eigenvalue weighted by atomic mass is 32.1. The first kappa shape index (κ1) is 15.5. The van der Waals surface area contributed by atoms with Crippen molar-refractivity contribution in [3.8, 4) is 10.6 Å². The molecule has 1 saturated heterocycles. The van der Waals surface area contributed by atoms with Crippen molar-refractivity contribution >= 4 is 23.1 Å². The lowest BCUT2D eigenvalue weighted by atomic mass is 10.0. The Balaban J connectivity index is 1.78. The first-order valence-corrected chi connectivity index (χ1v) is 8.67. The van der Waals surface area contributed by atoms with Gasteiger partial charge in [-0.05, 0) is 17.9 Å². The standard InChI is InChI=1S/C16H17FN4O2S/c17-13-8-6-19-16(22)12(8)14(11-2-1-5-24-11)21-15(13)20-10-3-4-23-7-9(10)18/h1-2,5,9-10H,3-4,6-7,18H2,(H,19,22)(H,20,21)/t9-,10?/m0/s1. The molecule has 2 aromatic rings. The average molecular weight is 348 g/mol. The Morgan fingerprint density at radius 1 is 1.50 bits per heavy atom. The van der Waals surface area contributed by atoms with Gasteiger partial charge in [-0.3, -0.25) is 4.79 Å². The Morgan fingerprint density at radius 3 is 3.12 bits per heavy atom. The largest absolute Gasteiger partial charge is 0.380 e. The minimum absolute atomic E-state index is 0.111. The van der Waals surface area contributed by atoms with Crippen LogP contribution >= 0.6 is 11.3 Å². The fourth-order valence-corrected chi connectivity index (χ4v) is 3.80. The Kier molecular flexibility index (Phi) is 3.95. The highest BCUT2D eigenvalue weighted by Crippen LogP contribution is 2.35. The Bertz CT molecular complexity index is 781. The number of aromatic nitrogens is 1. The minimum atomic E-state index is -0.484. The van der Waals surface area contributed by atoms with Gasteiger partial charge >= 0.3 is 0 Å². The molecule has 0 saturated carbocycles. The van der Waals surface area contributed by atoms with E-state index in [4.69, 9.17) is 10.5 Å². The van der Waals surface area contributed by atoms with Gasteiger partial charge in [-0.2, -0.15) is 0 Å². The number of nitrogens with two attached hydrogens (primary N) is 1. The Labute approximate surface area is 142 Å². The molecule has 8 heteroatoms. The van der Waals surface area contributed by atoms with Crippen LogP contribution in [0, 0.1) is 5.82 Å². The summed E-state index contributed by atoms with van der Waals surface area (Å²) in [5, 5.41) is 7.71. The molecule has 2 aliphatic rings. The van der Waals surface area contributed by atoms with E-state index in [0.29, 0.717) is 36.5 Å². The topological polar surface area (TPSA) is 89.3 Å².